The molecule has 3 aliphatic carbocycles. The molecule has 0 bridgehead atoms. The van der Waals surface area contributed by atoms with Crippen LogP contribution in [0.25, 0.3) is 0 Å². The average Bonchev–Trinajstić information content (AvgIpc) is 3.32. The second-order valence-corrected chi connectivity index (χ2v) is 20.8. The maximum atomic E-state index is 15.3. The monoisotopic (exact) mass is 779 g/mol. The Morgan fingerprint density at radius 1 is 0.786 bits per heavy atom. The van der Waals surface area contributed by atoms with E-state index in [4.69, 9.17) is 0 Å². The largest absolute Gasteiger partial charge is 0.345 e. The molecular formula is C46H74N4O6. The summed E-state index contributed by atoms with van der Waals surface area (Å²) in [4.78, 5) is 91.0. The van der Waals surface area contributed by atoms with Gasteiger partial charge in [-0.2, -0.15) is 0 Å². The van der Waals surface area contributed by atoms with Crippen LogP contribution in [0.5, 0.6) is 0 Å². The molecule has 314 valence electrons. The summed E-state index contributed by atoms with van der Waals surface area (Å²) in [6.07, 6.45) is 13.6. The molecule has 3 heterocycles. The predicted octanol–water partition coefficient (Wildman–Crippen LogP) is 6.91. The van der Waals surface area contributed by atoms with Crippen molar-refractivity contribution in [3.05, 3.63) is 0 Å². The van der Waals surface area contributed by atoms with Crippen molar-refractivity contribution in [2.75, 3.05) is 26.2 Å². The number of fused-ring (bicyclic) bond motifs is 1. The van der Waals surface area contributed by atoms with E-state index in [1.807, 2.05) is 32.6 Å². The third kappa shape index (κ3) is 7.67. The van der Waals surface area contributed by atoms with Crippen LogP contribution < -0.4 is 5.32 Å². The summed E-state index contributed by atoms with van der Waals surface area (Å²) in [5, 5.41) is 3.29. The first-order valence-electron chi connectivity index (χ1n) is 22.7. The number of piperidine rings is 1. The number of hydrogen-bond donors (Lipinski definition) is 1. The quantitative estimate of drug-likeness (QED) is 0.179. The van der Waals surface area contributed by atoms with Gasteiger partial charge in [0.05, 0.1) is 18.1 Å². The SMILES string of the molecule is CCC[C@H](CC(=O)[C@@H]1C[C@@]2(CN1C(=O)[C@@H](CC(=O)[C@@H](NC(=O)[C@@H]1CCCCN1C(C)C)C1CCCCC1)C(C)(C)C)C(C)(C)C21CCC1)C(=O)C(=O)N1CCC1. The van der Waals surface area contributed by atoms with Gasteiger partial charge in [-0.3, -0.25) is 33.7 Å². The number of nitrogens with one attached hydrogen (secondary N) is 1. The number of carbonyl (C=O) groups excluding carboxylic acids is 6. The second-order valence-electron chi connectivity index (χ2n) is 20.8. The number of carbonyl (C=O) groups is 6. The van der Waals surface area contributed by atoms with Crippen LogP contribution in [0.4, 0.5) is 0 Å². The van der Waals surface area contributed by atoms with E-state index in [2.05, 4.69) is 37.9 Å². The summed E-state index contributed by atoms with van der Waals surface area (Å²) < 4.78 is 0. The molecule has 56 heavy (non-hydrogen) atoms. The highest BCUT2D eigenvalue weighted by molar-refractivity contribution is 6.37. The molecule has 6 atom stereocenters. The van der Waals surface area contributed by atoms with Crippen molar-refractivity contribution >= 4 is 35.1 Å². The molecular weight excluding hydrogens is 705 g/mol. The third-order valence-electron chi connectivity index (χ3n) is 16.3. The summed E-state index contributed by atoms with van der Waals surface area (Å²) in [6.45, 7) is 19.3. The molecule has 0 radical (unpaired) electrons. The van der Waals surface area contributed by atoms with Gasteiger partial charge >= 0.3 is 0 Å². The van der Waals surface area contributed by atoms with E-state index in [1.54, 1.807) is 4.90 Å². The first kappa shape index (κ1) is 43.0. The average molecular weight is 779 g/mol. The highest BCUT2D eigenvalue weighted by Gasteiger charge is 2.85. The summed E-state index contributed by atoms with van der Waals surface area (Å²) in [5.74, 6) is -2.77. The second kappa shape index (κ2) is 16.6. The van der Waals surface area contributed by atoms with E-state index in [-0.39, 0.29) is 70.5 Å². The zero-order valence-corrected chi connectivity index (χ0v) is 36.2. The van der Waals surface area contributed by atoms with Gasteiger partial charge in [0.1, 0.15) is 0 Å². The number of nitrogens with zero attached hydrogens (tertiary/aromatic N) is 3. The van der Waals surface area contributed by atoms with Crippen LogP contribution in [0.1, 0.15) is 165 Å². The predicted molar refractivity (Wildman–Crippen MR) is 217 cm³/mol. The Balaban J connectivity index is 1.26. The maximum absolute atomic E-state index is 15.3. The molecule has 3 saturated heterocycles. The Hall–Kier alpha value is -2.62. The van der Waals surface area contributed by atoms with Gasteiger partial charge in [0.2, 0.25) is 17.6 Å². The molecule has 1 N–H and O–H groups in total. The van der Waals surface area contributed by atoms with Crippen LogP contribution in [0.3, 0.4) is 0 Å². The molecule has 6 rings (SSSR count). The van der Waals surface area contributed by atoms with Gasteiger partial charge in [0.25, 0.3) is 5.91 Å². The van der Waals surface area contributed by atoms with Crippen molar-refractivity contribution < 1.29 is 28.8 Å². The van der Waals surface area contributed by atoms with Crippen LogP contribution in [0.2, 0.25) is 0 Å². The molecule has 10 nitrogen and oxygen atoms in total. The fraction of sp³-hybridized carbons (Fsp3) is 0.870. The molecule has 6 aliphatic rings. The smallest absolute Gasteiger partial charge is 0.290 e. The minimum Gasteiger partial charge on any atom is -0.345 e. The van der Waals surface area contributed by atoms with Crippen molar-refractivity contribution in [3.63, 3.8) is 0 Å². The highest BCUT2D eigenvalue weighted by Crippen LogP contribution is 2.88. The van der Waals surface area contributed by atoms with E-state index < -0.39 is 41.0 Å². The summed E-state index contributed by atoms with van der Waals surface area (Å²) in [7, 11) is 0. The number of rotatable bonds is 15. The van der Waals surface area contributed by atoms with Crippen molar-refractivity contribution in [2.45, 2.75) is 189 Å². The molecule has 0 aromatic rings. The molecule has 10 heteroatoms. The van der Waals surface area contributed by atoms with Crippen LogP contribution in [0, 0.1) is 39.4 Å². The molecule has 0 unspecified atom stereocenters. The molecule has 6 fully saturated rings. The Bertz CT molecular complexity index is 1520. The van der Waals surface area contributed by atoms with Gasteiger partial charge < -0.3 is 15.1 Å². The van der Waals surface area contributed by atoms with Gasteiger partial charge in [-0.05, 0) is 100 Å². The zero-order valence-electron chi connectivity index (χ0n) is 36.2. The normalized spacial score (nSPS) is 29.0. The van der Waals surface area contributed by atoms with Crippen LogP contribution in [0.15, 0.2) is 0 Å². The molecule has 0 aromatic carbocycles. The lowest BCUT2D eigenvalue weighted by Crippen LogP contribution is -2.57. The van der Waals surface area contributed by atoms with Crippen LogP contribution >= 0.6 is 0 Å². The van der Waals surface area contributed by atoms with E-state index in [9.17, 15) is 24.0 Å². The van der Waals surface area contributed by atoms with Gasteiger partial charge in [0.15, 0.2) is 11.6 Å². The van der Waals surface area contributed by atoms with E-state index >= 15 is 4.79 Å². The van der Waals surface area contributed by atoms with Gasteiger partial charge in [0, 0.05) is 55.8 Å². The zero-order chi connectivity index (χ0) is 40.8. The van der Waals surface area contributed by atoms with E-state index in [1.165, 1.54) is 0 Å². The molecule has 0 aromatic heterocycles. The molecule has 2 spiro atoms. The molecule has 3 aliphatic heterocycles. The van der Waals surface area contributed by atoms with Crippen molar-refractivity contribution in [2.24, 2.45) is 39.4 Å². The third-order valence-corrected chi connectivity index (χ3v) is 16.3. The first-order chi connectivity index (χ1) is 26.4. The number of ketones is 3. The van der Waals surface area contributed by atoms with Crippen molar-refractivity contribution in [3.8, 4) is 0 Å². The standard InChI is InChI=1S/C46H74N4O6/c1-9-17-32(39(53)42(56)48-23-16-24-48)26-36(51)35-28-46(44(7,8)45(46)21-15-22-45)29-50(35)41(55)33(43(4,5)6)27-37(52)38(31-18-11-10-12-19-31)47-40(54)34-20-13-14-25-49(34)30(2)3/h30-35,38H,9-29H2,1-8H3,(H,47,54)/t32-,33-,34+,35+,38+,46-/m1/s1. The lowest BCUT2D eigenvalue weighted by molar-refractivity contribution is -0.150. The number of likely N-dealkylation sites (tertiary alicyclic amines) is 3. The molecule has 3 saturated carbocycles. The first-order valence-corrected chi connectivity index (χ1v) is 22.7. The van der Waals surface area contributed by atoms with Crippen molar-refractivity contribution in [1.29, 1.82) is 0 Å². The van der Waals surface area contributed by atoms with E-state index in [0.717, 1.165) is 83.6 Å². The summed E-state index contributed by atoms with van der Waals surface area (Å²) >= 11 is 0. The Kier molecular flexibility index (Phi) is 12.7. The topological polar surface area (TPSA) is 124 Å². The van der Waals surface area contributed by atoms with Crippen molar-refractivity contribution in [1.82, 2.24) is 20.0 Å². The summed E-state index contributed by atoms with van der Waals surface area (Å²) in [5.41, 5.74) is -0.734. The van der Waals surface area contributed by atoms with E-state index in [0.29, 0.717) is 38.9 Å². The fourth-order valence-electron chi connectivity index (χ4n) is 12.3. The lowest BCUT2D eigenvalue weighted by atomic mass is 9.73. The van der Waals surface area contributed by atoms with Gasteiger partial charge in [-0.25, -0.2) is 0 Å². The number of hydrogen-bond acceptors (Lipinski definition) is 7. The number of Topliss-reactive ketones (excluding diaryl/α,β-unsaturated/α-hetero) is 3. The maximum Gasteiger partial charge on any atom is 0.290 e. The minimum atomic E-state index is -0.699. The minimum absolute atomic E-state index is 0.00255. The molecule has 3 amide bonds. The highest BCUT2D eigenvalue weighted by atomic mass is 16.2. The Morgan fingerprint density at radius 2 is 1.45 bits per heavy atom. The van der Waals surface area contributed by atoms with Crippen LogP contribution in [-0.4, -0.2) is 100 Å². The van der Waals surface area contributed by atoms with Crippen LogP contribution in [-0.2, 0) is 28.8 Å². The van der Waals surface area contributed by atoms with Gasteiger partial charge in [-0.1, -0.05) is 80.1 Å². The summed E-state index contributed by atoms with van der Waals surface area (Å²) in [6, 6.07) is -1.39. The Labute approximate surface area is 337 Å². The Morgan fingerprint density at radius 3 is 1.98 bits per heavy atom. The number of amides is 3. The van der Waals surface area contributed by atoms with Gasteiger partial charge in [-0.15, -0.1) is 0 Å². The lowest BCUT2D eigenvalue weighted by Gasteiger charge is -2.40. The fourth-order valence-corrected chi connectivity index (χ4v) is 12.3.